The van der Waals surface area contributed by atoms with E-state index in [-0.39, 0.29) is 22.9 Å². The predicted molar refractivity (Wildman–Crippen MR) is 107 cm³/mol. The molecule has 1 N–H and O–H groups in total. The second kappa shape index (κ2) is 7.32. The van der Waals surface area contributed by atoms with Crippen molar-refractivity contribution in [3.8, 4) is 0 Å². The fourth-order valence-corrected chi connectivity index (χ4v) is 4.24. The molecule has 1 aromatic heterocycles. The van der Waals surface area contributed by atoms with Crippen LogP contribution in [-0.4, -0.2) is 17.6 Å². The Morgan fingerprint density at radius 1 is 1.15 bits per heavy atom. The molecular weight excluding hydrogens is 360 g/mol. The summed E-state index contributed by atoms with van der Waals surface area (Å²) < 4.78 is 5.10. The summed E-state index contributed by atoms with van der Waals surface area (Å²) in [4.78, 5) is 26.4. The van der Waals surface area contributed by atoms with Crippen molar-refractivity contribution < 1.29 is 14.0 Å². The maximum Gasteiger partial charge on any atom is 0.291 e. The summed E-state index contributed by atoms with van der Waals surface area (Å²) in [5, 5.41) is 2.73. The van der Waals surface area contributed by atoms with Gasteiger partial charge in [0, 0.05) is 11.4 Å². The van der Waals surface area contributed by atoms with Crippen molar-refractivity contribution in [1.29, 1.82) is 0 Å². The third-order valence-corrected chi connectivity index (χ3v) is 5.56. The fraction of sp³-hybridized carbons (Fsp3) is 0.143. The first-order valence-corrected chi connectivity index (χ1v) is 9.62. The van der Waals surface area contributed by atoms with Gasteiger partial charge < -0.3 is 9.73 Å². The van der Waals surface area contributed by atoms with Gasteiger partial charge in [-0.3, -0.25) is 14.5 Å². The number of thioether (sulfide) groups is 1. The number of anilines is 2. The molecule has 6 heteroatoms. The maximum atomic E-state index is 12.5. The van der Waals surface area contributed by atoms with Gasteiger partial charge in [-0.25, -0.2) is 0 Å². The first kappa shape index (κ1) is 17.4. The van der Waals surface area contributed by atoms with Crippen LogP contribution in [0.4, 0.5) is 11.4 Å². The van der Waals surface area contributed by atoms with Crippen LogP contribution in [0.25, 0.3) is 0 Å². The lowest BCUT2D eigenvalue weighted by molar-refractivity contribution is -0.115. The molecule has 1 saturated heterocycles. The van der Waals surface area contributed by atoms with E-state index in [0.29, 0.717) is 11.4 Å². The molecule has 136 valence electrons. The zero-order valence-corrected chi connectivity index (χ0v) is 15.5. The van der Waals surface area contributed by atoms with Crippen LogP contribution in [0.1, 0.15) is 27.1 Å². The molecule has 2 aromatic carbocycles. The summed E-state index contributed by atoms with van der Waals surface area (Å²) >= 11 is 1.60. The summed E-state index contributed by atoms with van der Waals surface area (Å²) in [5.74, 6) is 0.530. The highest BCUT2D eigenvalue weighted by Crippen LogP contribution is 2.42. The molecule has 2 amide bonds. The molecule has 1 aliphatic heterocycles. The molecule has 0 saturated carbocycles. The van der Waals surface area contributed by atoms with E-state index in [0.717, 1.165) is 16.8 Å². The Morgan fingerprint density at radius 2 is 1.96 bits per heavy atom. The molecule has 4 rings (SSSR count). The van der Waals surface area contributed by atoms with Gasteiger partial charge in [0.05, 0.1) is 12.0 Å². The molecule has 1 atom stereocenters. The number of hydrogen-bond donors (Lipinski definition) is 1. The number of nitrogens with zero attached hydrogens (tertiary/aromatic N) is 1. The normalized spacial score (nSPS) is 16.6. The molecule has 1 fully saturated rings. The average Bonchev–Trinajstić information content (AvgIpc) is 3.32. The molecule has 1 unspecified atom stereocenters. The van der Waals surface area contributed by atoms with Crippen molar-refractivity contribution in [2.75, 3.05) is 16.0 Å². The van der Waals surface area contributed by atoms with Crippen molar-refractivity contribution in [2.45, 2.75) is 12.3 Å². The molecule has 0 bridgehead atoms. The number of amides is 2. The Labute approximate surface area is 161 Å². The Morgan fingerprint density at radius 3 is 2.67 bits per heavy atom. The number of rotatable bonds is 4. The molecule has 27 heavy (non-hydrogen) atoms. The highest BCUT2D eigenvalue weighted by atomic mass is 32.2. The molecule has 0 aliphatic carbocycles. The fourth-order valence-electron chi connectivity index (χ4n) is 3.06. The number of hydrogen-bond acceptors (Lipinski definition) is 4. The minimum absolute atomic E-state index is 0.0749. The summed E-state index contributed by atoms with van der Waals surface area (Å²) in [6, 6.07) is 18.8. The van der Waals surface area contributed by atoms with Gasteiger partial charge in [0.1, 0.15) is 5.37 Å². The van der Waals surface area contributed by atoms with Gasteiger partial charge in [-0.15, -0.1) is 11.8 Å². The highest BCUT2D eigenvalue weighted by molar-refractivity contribution is 8.00. The standard InChI is InChI=1S/C21H18N2O3S/c1-14-4-2-5-17(12-14)23-19(24)13-27-21(23)15-7-9-16(10-8-15)22-20(25)18-6-3-11-26-18/h2-12,21H,13H2,1H3,(H,22,25). The number of nitrogens with one attached hydrogen (secondary N) is 1. The van der Waals surface area contributed by atoms with Crippen molar-refractivity contribution >= 4 is 35.0 Å². The predicted octanol–water partition coefficient (Wildman–Crippen LogP) is 4.62. The highest BCUT2D eigenvalue weighted by Gasteiger charge is 2.34. The van der Waals surface area contributed by atoms with E-state index in [1.54, 1.807) is 23.9 Å². The van der Waals surface area contributed by atoms with Crippen LogP contribution >= 0.6 is 11.8 Å². The zero-order chi connectivity index (χ0) is 18.8. The first-order chi connectivity index (χ1) is 13.1. The van der Waals surface area contributed by atoms with Crippen molar-refractivity contribution in [3.63, 3.8) is 0 Å². The van der Waals surface area contributed by atoms with Crippen LogP contribution < -0.4 is 10.2 Å². The van der Waals surface area contributed by atoms with Gasteiger partial charge in [0.25, 0.3) is 5.91 Å². The Balaban J connectivity index is 1.54. The maximum absolute atomic E-state index is 12.5. The van der Waals surface area contributed by atoms with Gasteiger partial charge in [0.2, 0.25) is 5.91 Å². The van der Waals surface area contributed by atoms with Gasteiger partial charge >= 0.3 is 0 Å². The molecule has 0 radical (unpaired) electrons. The molecule has 2 heterocycles. The second-order valence-electron chi connectivity index (χ2n) is 6.32. The van der Waals surface area contributed by atoms with Crippen LogP contribution in [0.5, 0.6) is 0 Å². The van der Waals surface area contributed by atoms with E-state index < -0.39 is 0 Å². The largest absolute Gasteiger partial charge is 0.459 e. The number of furan rings is 1. The van der Waals surface area contributed by atoms with Gasteiger partial charge in [-0.05, 0) is 54.4 Å². The van der Waals surface area contributed by atoms with E-state index in [4.69, 9.17) is 4.42 Å². The van der Waals surface area contributed by atoms with Crippen molar-refractivity contribution in [2.24, 2.45) is 0 Å². The van der Waals surface area contributed by atoms with E-state index in [2.05, 4.69) is 5.32 Å². The van der Waals surface area contributed by atoms with Crippen LogP contribution in [0.15, 0.2) is 71.3 Å². The summed E-state index contributed by atoms with van der Waals surface area (Å²) in [5.41, 5.74) is 3.72. The van der Waals surface area contributed by atoms with Crippen LogP contribution in [0.2, 0.25) is 0 Å². The molecular formula is C21H18N2O3S. The molecule has 1 aliphatic rings. The quantitative estimate of drug-likeness (QED) is 0.720. The van der Waals surface area contributed by atoms with E-state index >= 15 is 0 Å². The molecule has 5 nitrogen and oxygen atoms in total. The lowest BCUT2D eigenvalue weighted by atomic mass is 10.1. The lowest BCUT2D eigenvalue weighted by Crippen LogP contribution is -2.27. The van der Waals surface area contributed by atoms with E-state index in [1.165, 1.54) is 6.26 Å². The minimum atomic E-state index is -0.292. The number of benzene rings is 2. The topological polar surface area (TPSA) is 62.6 Å². The lowest BCUT2D eigenvalue weighted by Gasteiger charge is -2.25. The summed E-state index contributed by atoms with van der Waals surface area (Å²) in [6.07, 6.45) is 1.46. The molecule has 0 spiro atoms. The van der Waals surface area contributed by atoms with Gasteiger partial charge in [-0.2, -0.15) is 0 Å². The first-order valence-electron chi connectivity index (χ1n) is 8.57. The second-order valence-corrected chi connectivity index (χ2v) is 7.39. The number of aryl methyl sites for hydroxylation is 1. The van der Waals surface area contributed by atoms with Gasteiger partial charge in [-0.1, -0.05) is 24.3 Å². The van der Waals surface area contributed by atoms with Crippen LogP contribution in [0, 0.1) is 6.92 Å². The monoisotopic (exact) mass is 378 g/mol. The third kappa shape index (κ3) is 3.61. The number of carbonyl (C=O) groups is 2. The molecule has 3 aromatic rings. The third-order valence-electron chi connectivity index (χ3n) is 4.35. The SMILES string of the molecule is Cc1cccc(N2C(=O)CSC2c2ccc(NC(=O)c3ccco3)cc2)c1. The summed E-state index contributed by atoms with van der Waals surface area (Å²) in [7, 11) is 0. The zero-order valence-electron chi connectivity index (χ0n) is 14.7. The van der Waals surface area contributed by atoms with Crippen molar-refractivity contribution in [1.82, 2.24) is 0 Å². The number of carbonyl (C=O) groups excluding carboxylic acids is 2. The van der Waals surface area contributed by atoms with E-state index in [1.807, 2.05) is 60.4 Å². The summed E-state index contributed by atoms with van der Waals surface area (Å²) in [6.45, 7) is 2.02. The minimum Gasteiger partial charge on any atom is -0.459 e. The Kier molecular flexibility index (Phi) is 4.73. The van der Waals surface area contributed by atoms with Crippen molar-refractivity contribution in [3.05, 3.63) is 83.8 Å². The van der Waals surface area contributed by atoms with Gasteiger partial charge in [0.15, 0.2) is 5.76 Å². The Bertz CT molecular complexity index is 967. The van der Waals surface area contributed by atoms with E-state index in [9.17, 15) is 9.59 Å². The Hall–Kier alpha value is -2.99. The van der Waals surface area contributed by atoms with Crippen LogP contribution in [0.3, 0.4) is 0 Å². The average molecular weight is 378 g/mol. The smallest absolute Gasteiger partial charge is 0.291 e. The van der Waals surface area contributed by atoms with Crippen LogP contribution in [-0.2, 0) is 4.79 Å².